The Balaban J connectivity index is 0.00000147. The molecule has 20 heavy (non-hydrogen) atoms. The van der Waals surface area contributed by atoms with Gasteiger partial charge >= 0.3 is 0 Å². The molecule has 0 spiro atoms. The van der Waals surface area contributed by atoms with Crippen LogP contribution in [0.15, 0.2) is 57.7 Å². The number of phenols is 2. The fourth-order valence-electron chi connectivity index (χ4n) is 2.00. The second-order valence-corrected chi connectivity index (χ2v) is 4.18. The third-order valence-corrected chi connectivity index (χ3v) is 2.85. The van der Waals surface area contributed by atoms with Crippen molar-refractivity contribution >= 4 is 11.0 Å². The maximum atomic E-state index is 12.0. The molecule has 3 aromatic rings. The molecule has 102 valence electrons. The van der Waals surface area contributed by atoms with Crippen LogP contribution in [-0.2, 0) is 17.1 Å². The fraction of sp³-hybridized carbons (Fsp3) is 0. The van der Waals surface area contributed by atoms with E-state index in [-0.39, 0.29) is 45.0 Å². The van der Waals surface area contributed by atoms with Crippen LogP contribution in [0.1, 0.15) is 0 Å². The summed E-state index contributed by atoms with van der Waals surface area (Å²) in [6, 6.07) is 12.9. The Kier molecular flexibility index (Phi) is 3.84. The third-order valence-electron chi connectivity index (χ3n) is 2.85. The first kappa shape index (κ1) is 14.2. The number of phenolic OH excluding ortho intramolecular Hbond substituents is 2. The van der Waals surface area contributed by atoms with Crippen molar-refractivity contribution in [1.29, 1.82) is 0 Å². The van der Waals surface area contributed by atoms with Crippen molar-refractivity contribution in [3.8, 4) is 22.8 Å². The van der Waals surface area contributed by atoms with Gasteiger partial charge in [0.15, 0.2) is 5.43 Å². The summed E-state index contributed by atoms with van der Waals surface area (Å²) in [6.45, 7) is 0. The predicted octanol–water partition coefficient (Wildman–Crippen LogP) is 2.87. The van der Waals surface area contributed by atoms with E-state index in [4.69, 9.17) is 4.42 Å². The molecule has 0 aliphatic heterocycles. The molecule has 0 bridgehead atoms. The quantitative estimate of drug-likeness (QED) is 0.678. The van der Waals surface area contributed by atoms with Gasteiger partial charge in [-0.05, 0) is 0 Å². The van der Waals surface area contributed by atoms with Gasteiger partial charge in [-0.1, -0.05) is 30.3 Å². The van der Waals surface area contributed by atoms with E-state index in [1.54, 1.807) is 0 Å². The van der Waals surface area contributed by atoms with Crippen LogP contribution in [0, 0.1) is 0 Å². The van der Waals surface area contributed by atoms with Crippen LogP contribution in [0.25, 0.3) is 22.3 Å². The molecule has 1 heterocycles. The van der Waals surface area contributed by atoms with Crippen molar-refractivity contribution in [1.82, 2.24) is 0 Å². The van der Waals surface area contributed by atoms with Crippen molar-refractivity contribution in [2.24, 2.45) is 0 Å². The SMILES string of the molecule is O=c1cc(-c2ccccc2)oc2cc(O)cc(O)c12.[Fe]. The number of rotatable bonds is 1. The van der Waals surface area contributed by atoms with E-state index in [1.165, 1.54) is 12.1 Å². The molecule has 2 aromatic carbocycles. The summed E-state index contributed by atoms with van der Waals surface area (Å²) in [4.78, 5) is 12.0. The molecule has 0 amide bonds. The zero-order valence-electron chi connectivity index (χ0n) is 10.2. The minimum Gasteiger partial charge on any atom is -0.508 e. The van der Waals surface area contributed by atoms with E-state index >= 15 is 0 Å². The Morgan fingerprint density at radius 2 is 1.65 bits per heavy atom. The Hall–Kier alpha value is -2.23. The Morgan fingerprint density at radius 1 is 0.950 bits per heavy atom. The summed E-state index contributed by atoms with van der Waals surface area (Å²) in [7, 11) is 0. The minimum atomic E-state index is -0.349. The van der Waals surface area contributed by atoms with E-state index in [0.29, 0.717) is 5.76 Å². The van der Waals surface area contributed by atoms with Crippen LogP contribution < -0.4 is 5.43 Å². The molecule has 0 unspecified atom stereocenters. The van der Waals surface area contributed by atoms with Crippen LogP contribution in [0.3, 0.4) is 0 Å². The van der Waals surface area contributed by atoms with E-state index in [0.717, 1.165) is 11.6 Å². The maximum Gasteiger partial charge on any atom is 0.197 e. The van der Waals surface area contributed by atoms with Gasteiger partial charge in [0.2, 0.25) is 0 Å². The van der Waals surface area contributed by atoms with Gasteiger partial charge in [-0.3, -0.25) is 4.79 Å². The van der Waals surface area contributed by atoms with E-state index < -0.39 is 0 Å². The molecule has 4 nitrogen and oxygen atoms in total. The summed E-state index contributed by atoms with van der Waals surface area (Å²) in [5.74, 6) is -0.0511. The molecule has 0 saturated heterocycles. The Morgan fingerprint density at radius 3 is 2.35 bits per heavy atom. The molecule has 0 saturated carbocycles. The fourth-order valence-corrected chi connectivity index (χ4v) is 2.00. The maximum absolute atomic E-state index is 12.0. The van der Waals surface area contributed by atoms with E-state index in [2.05, 4.69) is 0 Å². The van der Waals surface area contributed by atoms with Gasteiger partial charge in [-0.25, -0.2) is 0 Å². The van der Waals surface area contributed by atoms with Crippen molar-refractivity contribution in [3.63, 3.8) is 0 Å². The number of hydrogen-bond acceptors (Lipinski definition) is 4. The number of fused-ring (bicyclic) bond motifs is 1. The van der Waals surface area contributed by atoms with Gasteiger partial charge in [0, 0.05) is 40.8 Å². The summed E-state index contributed by atoms with van der Waals surface area (Å²) in [5.41, 5.74) is 0.561. The molecule has 0 fully saturated rings. The van der Waals surface area contributed by atoms with Crippen molar-refractivity contribution < 1.29 is 31.7 Å². The van der Waals surface area contributed by atoms with Gasteiger partial charge in [-0.15, -0.1) is 0 Å². The molecular weight excluding hydrogens is 300 g/mol. The van der Waals surface area contributed by atoms with Crippen LogP contribution in [0.2, 0.25) is 0 Å². The zero-order valence-corrected chi connectivity index (χ0v) is 11.3. The summed E-state index contributed by atoms with van der Waals surface area (Å²) in [5, 5.41) is 19.2. The molecule has 0 radical (unpaired) electrons. The van der Waals surface area contributed by atoms with Crippen molar-refractivity contribution in [3.05, 3.63) is 58.8 Å². The third kappa shape index (κ3) is 2.41. The monoisotopic (exact) mass is 310 g/mol. The van der Waals surface area contributed by atoms with Crippen LogP contribution in [0.5, 0.6) is 11.5 Å². The smallest absolute Gasteiger partial charge is 0.197 e. The first-order chi connectivity index (χ1) is 9.15. The van der Waals surface area contributed by atoms with Gasteiger partial charge in [0.1, 0.15) is 28.2 Å². The number of benzene rings is 2. The summed E-state index contributed by atoms with van der Waals surface area (Å²) >= 11 is 0. The van der Waals surface area contributed by atoms with Gasteiger partial charge in [0.05, 0.1) is 0 Å². The van der Waals surface area contributed by atoms with Crippen LogP contribution >= 0.6 is 0 Å². The second-order valence-electron chi connectivity index (χ2n) is 4.18. The average Bonchev–Trinajstić information content (AvgIpc) is 2.38. The van der Waals surface area contributed by atoms with Crippen LogP contribution in [0.4, 0.5) is 0 Å². The van der Waals surface area contributed by atoms with Gasteiger partial charge in [-0.2, -0.15) is 0 Å². The van der Waals surface area contributed by atoms with E-state index in [1.807, 2.05) is 30.3 Å². The second kappa shape index (κ2) is 5.41. The molecule has 0 atom stereocenters. The first-order valence-electron chi connectivity index (χ1n) is 5.70. The molecule has 3 rings (SSSR count). The Labute approximate surface area is 124 Å². The molecule has 1 aromatic heterocycles. The zero-order chi connectivity index (χ0) is 13.4. The molecule has 2 N–H and O–H groups in total. The average molecular weight is 310 g/mol. The van der Waals surface area contributed by atoms with Gasteiger partial charge in [0.25, 0.3) is 0 Å². The molecule has 5 heteroatoms. The largest absolute Gasteiger partial charge is 0.508 e. The number of hydrogen-bond donors (Lipinski definition) is 2. The Bertz CT molecular complexity index is 809. The van der Waals surface area contributed by atoms with Crippen LogP contribution in [-0.4, -0.2) is 10.2 Å². The van der Waals surface area contributed by atoms with Gasteiger partial charge < -0.3 is 14.6 Å². The number of aromatic hydroxyl groups is 2. The standard InChI is InChI=1S/C15H10O4.Fe/c16-10-6-11(17)15-12(18)8-13(19-14(15)7-10)9-4-2-1-3-5-9;/h1-8,16-17H;. The molecule has 0 aliphatic carbocycles. The molecular formula is C15H10FeO4. The summed E-state index contributed by atoms with van der Waals surface area (Å²) in [6.07, 6.45) is 0. The predicted molar refractivity (Wildman–Crippen MR) is 71.2 cm³/mol. The topological polar surface area (TPSA) is 70.7 Å². The normalized spacial score (nSPS) is 10.2. The first-order valence-corrected chi connectivity index (χ1v) is 5.70. The van der Waals surface area contributed by atoms with E-state index in [9.17, 15) is 15.0 Å². The van der Waals surface area contributed by atoms with Crippen molar-refractivity contribution in [2.45, 2.75) is 0 Å². The minimum absolute atomic E-state index is 0. The molecule has 0 aliphatic rings. The summed E-state index contributed by atoms with van der Waals surface area (Å²) < 4.78 is 5.57. The van der Waals surface area contributed by atoms with Crippen molar-refractivity contribution in [2.75, 3.05) is 0 Å².